The van der Waals surface area contributed by atoms with Crippen LogP contribution in [0, 0.1) is 5.82 Å². The standard InChI is InChI=1S/C10H14FNO4/c1-14-8-5-7(13)9(11)6(3-4-16-12)10(8)15-2/h5,13H,3-4,12H2,1-2H3. The Labute approximate surface area is 92.5 Å². The molecule has 5 nitrogen and oxygen atoms in total. The molecule has 0 bridgehead atoms. The highest BCUT2D eigenvalue weighted by molar-refractivity contribution is 5.52. The van der Waals surface area contributed by atoms with E-state index in [0.717, 1.165) is 6.07 Å². The van der Waals surface area contributed by atoms with Gasteiger partial charge in [0.2, 0.25) is 0 Å². The van der Waals surface area contributed by atoms with Crippen LogP contribution in [0.25, 0.3) is 0 Å². The van der Waals surface area contributed by atoms with Crippen molar-refractivity contribution in [1.82, 2.24) is 0 Å². The first-order chi connectivity index (χ1) is 7.65. The lowest BCUT2D eigenvalue weighted by Crippen LogP contribution is -2.07. The van der Waals surface area contributed by atoms with Gasteiger partial charge in [0, 0.05) is 18.1 Å². The van der Waals surface area contributed by atoms with Crippen LogP contribution in [-0.4, -0.2) is 25.9 Å². The minimum Gasteiger partial charge on any atom is -0.505 e. The molecule has 3 N–H and O–H groups in total. The Kier molecular flexibility index (Phi) is 4.33. The van der Waals surface area contributed by atoms with Gasteiger partial charge < -0.3 is 19.4 Å². The third-order valence-corrected chi connectivity index (χ3v) is 2.15. The Hall–Kier alpha value is -1.53. The van der Waals surface area contributed by atoms with Gasteiger partial charge in [-0.2, -0.15) is 0 Å². The van der Waals surface area contributed by atoms with Crippen LogP contribution in [0.5, 0.6) is 17.2 Å². The maximum atomic E-state index is 13.6. The van der Waals surface area contributed by atoms with Crippen LogP contribution in [0.3, 0.4) is 0 Å². The number of methoxy groups -OCH3 is 2. The SMILES string of the molecule is COc1cc(O)c(F)c(CCON)c1OC. The van der Waals surface area contributed by atoms with Gasteiger partial charge in [0.25, 0.3) is 0 Å². The monoisotopic (exact) mass is 231 g/mol. The minimum absolute atomic E-state index is 0.111. The molecule has 0 aliphatic carbocycles. The number of phenolic OH excluding ortho intramolecular Hbond substituents is 1. The van der Waals surface area contributed by atoms with E-state index in [1.807, 2.05) is 0 Å². The summed E-state index contributed by atoms with van der Waals surface area (Å²) in [5.74, 6) is 4.11. The summed E-state index contributed by atoms with van der Waals surface area (Å²) in [6.45, 7) is 0.111. The van der Waals surface area contributed by atoms with Crippen LogP contribution in [0.4, 0.5) is 4.39 Å². The summed E-state index contributed by atoms with van der Waals surface area (Å²) >= 11 is 0. The van der Waals surface area contributed by atoms with Gasteiger partial charge >= 0.3 is 0 Å². The normalized spacial score (nSPS) is 10.2. The first-order valence-electron chi connectivity index (χ1n) is 4.59. The van der Waals surface area contributed by atoms with Gasteiger partial charge in [0.15, 0.2) is 23.1 Å². The van der Waals surface area contributed by atoms with Crippen molar-refractivity contribution in [2.75, 3.05) is 20.8 Å². The first kappa shape index (κ1) is 12.5. The zero-order valence-electron chi connectivity index (χ0n) is 9.12. The third-order valence-electron chi connectivity index (χ3n) is 2.15. The van der Waals surface area contributed by atoms with Gasteiger partial charge in [-0.1, -0.05) is 0 Å². The van der Waals surface area contributed by atoms with Gasteiger partial charge in [0.05, 0.1) is 20.8 Å². The van der Waals surface area contributed by atoms with Crippen molar-refractivity contribution < 1.29 is 23.8 Å². The maximum Gasteiger partial charge on any atom is 0.172 e. The Bertz CT molecular complexity index is 370. The number of benzene rings is 1. The van der Waals surface area contributed by atoms with E-state index in [2.05, 4.69) is 4.84 Å². The van der Waals surface area contributed by atoms with Crippen molar-refractivity contribution in [2.45, 2.75) is 6.42 Å². The van der Waals surface area contributed by atoms with Crippen molar-refractivity contribution in [3.63, 3.8) is 0 Å². The van der Waals surface area contributed by atoms with Gasteiger partial charge in [0.1, 0.15) is 0 Å². The molecular weight excluding hydrogens is 217 g/mol. The zero-order valence-corrected chi connectivity index (χ0v) is 9.12. The van der Waals surface area contributed by atoms with Crippen LogP contribution >= 0.6 is 0 Å². The van der Waals surface area contributed by atoms with Crippen LogP contribution < -0.4 is 15.4 Å². The number of hydrogen-bond donors (Lipinski definition) is 2. The second kappa shape index (κ2) is 5.53. The van der Waals surface area contributed by atoms with Gasteiger partial charge in [-0.05, 0) is 0 Å². The smallest absolute Gasteiger partial charge is 0.172 e. The molecule has 0 aliphatic rings. The second-order valence-corrected chi connectivity index (χ2v) is 3.04. The Morgan fingerprint density at radius 1 is 1.38 bits per heavy atom. The molecule has 0 aromatic heterocycles. The van der Waals surface area contributed by atoms with E-state index in [1.165, 1.54) is 14.2 Å². The molecule has 1 rings (SSSR count). The third kappa shape index (κ3) is 2.34. The Morgan fingerprint density at radius 2 is 2.06 bits per heavy atom. The van der Waals surface area contributed by atoms with Crippen LogP contribution in [0.2, 0.25) is 0 Å². The zero-order chi connectivity index (χ0) is 12.1. The summed E-state index contributed by atoms with van der Waals surface area (Å²) in [6, 6.07) is 1.15. The first-order valence-corrected chi connectivity index (χ1v) is 4.59. The molecule has 0 fully saturated rings. The number of halogens is 1. The highest BCUT2D eigenvalue weighted by Crippen LogP contribution is 2.38. The summed E-state index contributed by atoms with van der Waals surface area (Å²) in [6.07, 6.45) is 0.177. The molecular formula is C10H14FNO4. The van der Waals surface area contributed by atoms with Crippen molar-refractivity contribution >= 4 is 0 Å². The molecule has 0 unspecified atom stereocenters. The fourth-order valence-corrected chi connectivity index (χ4v) is 1.42. The van der Waals surface area contributed by atoms with Crippen LogP contribution in [0.1, 0.15) is 5.56 Å². The average Bonchev–Trinajstić information content (AvgIpc) is 2.30. The molecule has 0 aliphatic heterocycles. The summed E-state index contributed by atoms with van der Waals surface area (Å²) in [7, 11) is 2.79. The maximum absolute atomic E-state index is 13.6. The van der Waals surface area contributed by atoms with Crippen molar-refractivity contribution in [2.24, 2.45) is 5.90 Å². The van der Waals surface area contributed by atoms with E-state index < -0.39 is 11.6 Å². The van der Waals surface area contributed by atoms with Crippen molar-refractivity contribution in [1.29, 1.82) is 0 Å². The molecule has 0 amide bonds. The molecule has 16 heavy (non-hydrogen) atoms. The lowest BCUT2D eigenvalue weighted by Gasteiger charge is -2.14. The summed E-state index contributed by atoms with van der Waals surface area (Å²) < 4.78 is 23.6. The predicted molar refractivity (Wildman–Crippen MR) is 55.0 cm³/mol. The van der Waals surface area contributed by atoms with E-state index in [9.17, 15) is 9.50 Å². The number of rotatable bonds is 5. The topological polar surface area (TPSA) is 73.9 Å². The lowest BCUT2D eigenvalue weighted by atomic mass is 10.1. The molecule has 6 heteroatoms. The van der Waals surface area contributed by atoms with Gasteiger partial charge in [-0.25, -0.2) is 10.3 Å². The van der Waals surface area contributed by atoms with E-state index in [-0.39, 0.29) is 30.1 Å². The highest BCUT2D eigenvalue weighted by Gasteiger charge is 2.19. The molecule has 0 saturated carbocycles. The van der Waals surface area contributed by atoms with Crippen molar-refractivity contribution in [3.8, 4) is 17.2 Å². The second-order valence-electron chi connectivity index (χ2n) is 3.04. The van der Waals surface area contributed by atoms with Crippen LogP contribution in [0.15, 0.2) is 6.07 Å². The molecule has 1 aromatic carbocycles. The summed E-state index contributed by atoms with van der Waals surface area (Å²) in [4.78, 5) is 4.37. The quantitative estimate of drug-likeness (QED) is 0.739. The molecule has 0 radical (unpaired) electrons. The Morgan fingerprint density at radius 3 is 2.56 bits per heavy atom. The summed E-state index contributed by atoms with van der Waals surface area (Å²) in [5, 5.41) is 9.35. The van der Waals surface area contributed by atoms with Crippen molar-refractivity contribution in [3.05, 3.63) is 17.4 Å². The molecule has 0 heterocycles. The van der Waals surface area contributed by atoms with E-state index in [0.29, 0.717) is 0 Å². The number of ether oxygens (including phenoxy) is 2. The Balaban J connectivity index is 3.23. The van der Waals surface area contributed by atoms with Gasteiger partial charge in [-0.3, -0.25) is 0 Å². The fraction of sp³-hybridized carbons (Fsp3) is 0.400. The number of nitrogens with two attached hydrogens (primary N) is 1. The van der Waals surface area contributed by atoms with E-state index in [4.69, 9.17) is 15.4 Å². The molecule has 0 saturated heterocycles. The lowest BCUT2D eigenvalue weighted by molar-refractivity contribution is 0.140. The number of hydrogen-bond acceptors (Lipinski definition) is 5. The highest BCUT2D eigenvalue weighted by atomic mass is 19.1. The fourth-order valence-electron chi connectivity index (χ4n) is 1.42. The summed E-state index contributed by atoms with van der Waals surface area (Å²) in [5.41, 5.74) is 0.171. The molecule has 0 spiro atoms. The van der Waals surface area contributed by atoms with Gasteiger partial charge in [-0.15, -0.1) is 0 Å². The number of aromatic hydroxyl groups is 1. The molecule has 1 aromatic rings. The van der Waals surface area contributed by atoms with Crippen LogP contribution in [-0.2, 0) is 11.3 Å². The largest absolute Gasteiger partial charge is 0.505 e. The molecule has 90 valence electrons. The predicted octanol–water partition coefficient (Wildman–Crippen LogP) is 0.981. The molecule has 0 atom stereocenters. The average molecular weight is 231 g/mol. The number of phenols is 1. The van der Waals surface area contributed by atoms with E-state index >= 15 is 0 Å². The minimum atomic E-state index is -0.755. The van der Waals surface area contributed by atoms with E-state index in [1.54, 1.807) is 0 Å².